The van der Waals surface area contributed by atoms with Gasteiger partial charge in [-0.05, 0) is 61.1 Å². The number of carbonyl (C=O) groups excluding carboxylic acids is 1. The van der Waals surface area contributed by atoms with E-state index in [1.54, 1.807) is 11.3 Å². The summed E-state index contributed by atoms with van der Waals surface area (Å²) >= 11 is 1.55. The summed E-state index contributed by atoms with van der Waals surface area (Å²) in [6, 6.07) is 18.8. The Balaban J connectivity index is 1.92. The Labute approximate surface area is 183 Å². The van der Waals surface area contributed by atoms with Gasteiger partial charge in [-0.25, -0.2) is 4.79 Å². The van der Waals surface area contributed by atoms with Crippen LogP contribution in [-0.2, 0) is 16.8 Å². The van der Waals surface area contributed by atoms with Crippen LogP contribution in [0, 0.1) is 13.8 Å². The Bertz CT molecular complexity index is 1000. The Kier molecular flexibility index (Phi) is 6.99. The van der Waals surface area contributed by atoms with Crippen LogP contribution in [0.15, 0.2) is 54.6 Å². The van der Waals surface area contributed by atoms with Crippen molar-refractivity contribution in [2.45, 2.75) is 52.6 Å². The first-order chi connectivity index (χ1) is 14.4. The lowest BCUT2D eigenvalue weighted by atomic mass is 9.74. The molecular weight excluding hydrogens is 392 g/mol. The lowest BCUT2D eigenvalue weighted by Gasteiger charge is -2.32. The van der Waals surface area contributed by atoms with Gasteiger partial charge in [0, 0.05) is 10.3 Å². The number of methoxy groups -OCH3 is 1. The van der Waals surface area contributed by atoms with Crippen molar-refractivity contribution in [3.05, 3.63) is 86.6 Å². The van der Waals surface area contributed by atoms with Crippen LogP contribution in [0.25, 0.3) is 0 Å². The van der Waals surface area contributed by atoms with E-state index in [0.29, 0.717) is 11.5 Å². The third-order valence-electron chi connectivity index (χ3n) is 5.93. The Morgan fingerprint density at radius 2 is 1.67 bits per heavy atom. The quantitative estimate of drug-likeness (QED) is 0.373. The number of benzene rings is 2. The molecule has 0 fully saturated rings. The van der Waals surface area contributed by atoms with Crippen LogP contribution in [0.2, 0.25) is 0 Å². The summed E-state index contributed by atoms with van der Waals surface area (Å²) in [6.45, 7) is 9.06. The second-order valence-electron chi connectivity index (χ2n) is 7.66. The van der Waals surface area contributed by atoms with E-state index in [0.717, 1.165) is 35.3 Å². The highest BCUT2D eigenvalue weighted by molar-refractivity contribution is 7.14. The summed E-state index contributed by atoms with van der Waals surface area (Å²) in [5.74, 6) is 0.645. The van der Waals surface area contributed by atoms with E-state index in [-0.39, 0.29) is 11.4 Å². The number of rotatable bonds is 8. The number of hydrogen-bond acceptors (Lipinski definition) is 4. The summed E-state index contributed by atoms with van der Waals surface area (Å²) < 4.78 is 11.0. The van der Waals surface area contributed by atoms with E-state index < -0.39 is 0 Å². The lowest BCUT2D eigenvalue weighted by molar-refractivity contribution is 0.0605. The standard InChI is InChI=1S/C26H30O3S/c1-6-26(7-2,23-16-19(4)24(30-23)25(27)28-5)21-13-14-22(18(3)15-21)29-17-20-11-9-8-10-12-20/h8-16H,6-7,17H2,1-5H3. The molecular formula is C26H30O3S. The second-order valence-corrected chi connectivity index (χ2v) is 8.71. The van der Waals surface area contributed by atoms with Gasteiger partial charge in [-0.15, -0.1) is 11.3 Å². The maximum absolute atomic E-state index is 12.1. The first-order valence-corrected chi connectivity index (χ1v) is 11.2. The minimum atomic E-state index is -0.259. The van der Waals surface area contributed by atoms with E-state index in [2.05, 4.69) is 57.2 Å². The van der Waals surface area contributed by atoms with Crippen LogP contribution in [0.4, 0.5) is 0 Å². The molecule has 3 rings (SSSR count). The fourth-order valence-electron chi connectivity index (χ4n) is 4.01. The largest absolute Gasteiger partial charge is 0.489 e. The average Bonchev–Trinajstić information content (AvgIpc) is 3.16. The monoisotopic (exact) mass is 422 g/mol. The van der Waals surface area contributed by atoms with E-state index >= 15 is 0 Å². The molecule has 0 unspecified atom stereocenters. The highest BCUT2D eigenvalue weighted by Gasteiger charge is 2.34. The molecule has 158 valence electrons. The minimum absolute atomic E-state index is 0.135. The third-order valence-corrected chi connectivity index (χ3v) is 7.35. The van der Waals surface area contributed by atoms with Crippen LogP contribution in [0.3, 0.4) is 0 Å². The van der Waals surface area contributed by atoms with E-state index in [9.17, 15) is 4.79 Å². The molecule has 2 aromatic carbocycles. The number of aryl methyl sites for hydroxylation is 2. The van der Waals surface area contributed by atoms with Crippen LogP contribution in [-0.4, -0.2) is 13.1 Å². The van der Waals surface area contributed by atoms with Crippen molar-refractivity contribution in [1.82, 2.24) is 0 Å². The van der Waals surface area contributed by atoms with Crippen molar-refractivity contribution in [3.63, 3.8) is 0 Å². The van der Waals surface area contributed by atoms with Crippen molar-refractivity contribution in [2.75, 3.05) is 7.11 Å². The minimum Gasteiger partial charge on any atom is -0.489 e. The van der Waals surface area contributed by atoms with Gasteiger partial charge in [0.1, 0.15) is 17.2 Å². The molecule has 1 heterocycles. The van der Waals surface area contributed by atoms with Crippen molar-refractivity contribution >= 4 is 17.3 Å². The van der Waals surface area contributed by atoms with Crippen LogP contribution < -0.4 is 4.74 Å². The van der Waals surface area contributed by atoms with Gasteiger partial charge < -0.3 is 9.47 Å². The highest BCUT2D eigenvalue weighted by atomic mass is 32.1. The first-order valence-electron chi connectivity index (χ1n) is 10.4. The van der Waals surface area contributed by atoms with E-state index in [4.69, 9.17) is 9.47 Å². The van der Waals surface area contributed by atoms with Crippen molar-refractivity contribution < 1.29 is 14.3 Å². The fraction of sp³-hybridized carbons (Fsp3) is 0.346. The molecule has 0 spiro atoms. The molecule has 3 nitrogen and oxygen atoms in total. The Morgan fingerprint density at radius 1 is 0.967 bits per heavy atom. The molecule has 30 heavy (non-hydrogen) atoms. The molecule has 0 saturated carbocycles. The number of carbonyl (C=O) groups is 1. The SMILES string of the molecule is CCC(CC)(c1ccc(OCc2ccccc2)c(C)c1)c1cc(C)c(C(=O)OC)s1. The molecule has 0 aliphatic carbocycles. The van der Waals surface area contributed by atoms with Crippen molar-refractivity contribution in [1.29, 1.82) is 0 Å². The molecule has 0 bridgehead atoms. The normalized spacial score (nSPS) is 11.4. The second kappa shape index (κ2) is 9.48. The van der Waals surface area contributed by atoms with Crippen LogP contribution >= 0.6 is 11.3 Å². The van der Waals surface area contributed by atoms with Gasteiger partial charge in [0.25, 0.3) is 0 Å². The Morgan fingerprint density at radius 3 is 2.27 bits per heavy atom. The zero-order valence-corrected chi connectivity index (χ0v) is 19.3. The molecule has 0 N–H and O–H groups in total. The number of thiophene rings is 1. The van der Waals surface area contributed by atoms with Gasteiger partial charge in [-0.1, -0.05) is 56.3 Å². The molecule has 4 heteroatoms. The smallest absolute Gasteiger partial charge is 0.348 e. The molecule has 1 aromatic heterocycles. The molecule has 0 atom stereocenters. The van der Waals surface area contributed by atoms with Gasteiger partial charge >= 0.3 is 5.97 Å². The molecule has 0 saturated heterocycles. The fourth-order valence-corrected chi connectivity index (χ4v) is 5.45. The summed E-state index contributed by atoms with van der Waals surface area (Å²) in [5, 5.41) is 0. The third kappa shape index (κ3) is 4.29. The van der Waals surface area contributed by atoms with Crippen molar-refractivity contribution in [3.8, 4) is 5.75 Å². The van der Waals surface area contributed by atoms with Gasteiger partial charge in [0.05, 0.1) is 7.11 Å². The zero-order chi connectivity index (χ0) is 21.7. The first kappa shape index (κ1) is 22.1. The lowest BCUT2D eigenvalue weighted by Crippen LogP contribution is -2.25. The number of esters is 1. The topological polar surface area (TPSA) is 35.5 Å². The molecule has 0 aliphatic rings. The van der Waals surface area contributed by atoms with E-state index in [1.807, 2.05) is 25.1 Å². The molecule has 0 amide bonds. The van der Waals surface area contributed by atoms with Crippen LogP contribution in [0.5, 0.6) is 5.75 Å². The summed E-state index contributed by atoms with van der Waals surface area (Å²) in [6.07, 6.45) is 1.90. The Hall–Kier alpha value is -2.59. The predicted molar refractivity (Wildman–Crippen MR) is 124 cm³/mol. The van der Waals surface area contributed by atoms with Gasteiger partial charge in [0.2, 0.25) is 0 Å². The van der Waals surface area contributed by atoms with Crippen LogP contribution in [0.1, 0.15) is 63.5 Å². The number of hydrogen-bond donors (Lipinski definition) is 0. The summed E-state index contributed by atoms with van der Waals surface area (Å²) in [7, 11) is 1.44. The highest BCUT2D eigenvalue weighted by Crippen LogP contribution is 2.44. The van der Waals surface area contributed by atoms with Gasteiger partial charge in [0.15, 0.2) is 0 Å². The molecule has 3 aromatic rings. The summed E-state index contributed by atoms with van der Waals surface area (Å²) in [4.78, 5) is 14.1. The zero-order valence-electron chi connectivity index (χ0n) is 18.5. The van der Waals surface area contributed by atoms with E-state index in [1.165, 1.54) is 17.6 Å². The predicted octanol–water partition coefficient (Wildman–Crippen LogP) is 6.84. The number of ether oxygens (including phenoxy) is 2. The average molecular weight is 423 g/mol. The van der Waals surface area contributed by atoms with Crippen molar-refractivity contribution in [2.24, 2.45) is 0 Å². The van der Waals surface area contributed by atoms with Gasteiger partial charge in [-0.2, -0.15) is 0 Å². The molecule has 0 aliphatic heterocycles. The maximum atomic E-state index is 12.1. The maximum Gasteiger partial charge on any atom is 0.348 e. The molecule has 0 radical (unpaired) electrons. The van der Waals surface area contributed by atoms with Gasteiger partial charge in [-0.3, -0.25) is 0 Å². The summed E-state index contributed by atoms with van der Waals surface area (Å²) in [5.41, 5.74) is 4.38.